The molecule has 5 rings (SSSR count). The molecule has 0 bridgehead atoms. The predicted molar refractivity (Wildman–Crippen MR) is 141 cm³/mol. The molecule has 0 unspecified atom stereocenters. The third-order valence-corrected chi connectivity index (χ3v) is 6.67. The minimum Gasteiger partial charge on any atom is -0.355 e. The highest BCUT2D eigenvalue weighted by Gasteiger charge is 2.23. The number of carbonyl (C=O) groups is 1. The second-order valence-electron chi connectivity index (χ2n) is 9.11. The molecule has 4 aromatic rings. The molecule has 1 aromatic heterocycles. The van der Waals surface area contributed by atoms with Crippen molar-refractivity contribution in [1.82, 2.24) is 10.2 Å². The van der Waals surface area contributed by atoms with Crippen LogP contribution < -0.4 is 9.80 Å². The van der Waals surface area contributed by atoms with E-state index in [2.05, 4.69) is 45.4 Å². The van der Waals surface area contributed by atoms with Gasteiger partial charge in [-0.05, 0) is 60.6 Å². The fourth-order valence-electron chi connectivity index (χ4n) is 4.71. The molecule has 0 radical (unpaired) electrons. The second kappa shape index (κ2) is 11.0. The summed E-state index contributed by atoms with van der Waals surface area (Å²) >= 11 is 0. The van der Waals surface area contributed by atoms with E-state index < -0.39 is 0 Å². The zero-order valence-electron chi connectivity index (χ0n) is 19.8. The summed E-state index contributed by atoms with van der Waals surface area (Å²) in [6.45, 7) is 2.40. The van der Waals surface area contributed by atoms with Crippen molar-refractivity contribution in [3.63, 3.8) is 0 Å². The first-order chi connectivity index (χ1) is 17.3. The molecule has 5 heteroatoms. The normalized spacial score (nSPS) is 14.0. The average Bonchev–Trinajstić information content (AvgIpc) is 2.93. The average molecular weight is 463 g/mol. The van der Waals surface area contributed by atoms with Crippen molar-refractivity contribution >= 4 is 17.4 Å². The quantitative estimate of drug-likeness (QED) is 0.349. The summed E-state index contributed by atoms with van der Waals surface area (Å²) in [5, 5.41) is 8.79. The SMILES string of the molecule is O=C(c1ccc(N2CCC(Cc3ccccc3)CC2)nn1)N(Cc1ccccc1)c1ccccc1. The summed E-state index contributed by atoms with van der Waals surface area (Å²) in [5.41, 5.74) is 3.67. The molecule has 0 atom stereocenters. The van der Waals surface area contributed by atoms with Crippen LogP contribution in [0.4, 0.5) is 11.5 Å². The van der Waals surface area contributed by atoms with Crippen molar-refractivity contribution in [2.75, 3.05) is 22.9 Å². The number of piperidine rings is 1. The lowest BCUT2D eigenvalue weighted by molar-refractivity contribution is 0.0979. The van der Waals surface area contributed by atoms with Gasteiger partial charge in [0.2, 0.25) is 0 Å². The van der Waals surface area contributed by atoms with Crippen LogP contribution in [-0.2, 0) is 13.0 Å². The lowest BCUT2D eigenvalue weighted by Gasteiger charge is -2.32. The van der Waals surface area contributed by atoms with E-state index in [4.69, 9.17) is 0 Å². The zero-order valence-corrected chi connectivity index (χ0v) is 19.8. The number of hydrogen-bond acceptors (Lipinski definition) is 4. The van der Waals surface area contributed by atoms with Gasteiger partial charge in [-0.2, -0.15) is 0 Å². The van der Waals surface area contributed by atoms with Crippen molar-refractivity contribution in [3.8, 4) is 0 Å². The number of hydrogen-bond donors (Lipinski definition) is 0. The molecular formula is C30H30N4O. The first-order valence-electron chi connectivity index (χ1n) is 12.3. The first-order valence-corrected chi connectivity index (χ1v) is 12.3. The minimum atomic E-state index is -0.152. The number of benzene rings is 3. The van der Waals surface area contributed by atoms with Gasteiger partial charge in [-0.1, -0.05) is 78.9 Å². The molecule has 1 saturated heterocycles. The fraction of sp³-hybridized carbons (Fsp3) is 0.233. The highest BCUT2D eigenvalue weighted by Crippen LogP contribution is 2.25. The van der Waals surface area contributed by atoms with Gasteiger partial charge in [-0.15, -0.1) is 10.2 Å². The van der Waals surface area contributed by atoms with Crippen LogP contribution in [0.15, 0.2) is 103 Å². The van der Waals surface area contributed by atoms with Gasteiger partial charge in [0.25, 0.3) is 5.91 Å². The van der Waals surface area contributed by atoms with Gasteiger partial charge in [-0.25, -0.2) is 0 Å². The number of anilines is 2. The monoisotopic (exact) mass is 462 g/mol. The Morgan fingerprint density at radius 3 is 1.94 bits per heavy atom. The molecule has 0 spiro atoms. The van der Waals surface area contributed by atoms with Crippen LogP contribution in [0, 0.1) is 5.92 Å². The van der Waals surface area contributed by atoms with E-state index in [9.17, 15) is 4.79 Å². The molecular weight excluding hydrogens is 432 g/mol. The lowest BCUT2D eigenvalue weighted by Crippen LogP contribution is -2.35. The summed E-state index contributed by atoms with van der Waals surface area (Å²) in [5.74, 6) is 1.38. The molecule has 1 fully saturated rings. The Kier molecular flexibility index (Phi) is 7.13. The number of aromatic nitrogens is 2. The lowest BCUT2D eigenvalue weighted by atomic mass is 9.90. The largest absolute Gasteiger partial charge is 0.355 e. The molecule has 1 aliphatic rings. The number of nitrogens with zero attached hydrogens (tertiary/aromatic N) is 4. The second-order valence-corrected chi connectivity index (χ2v) is 9.11. The number of rotatable bonds is 7. The fourth-order valence-corrected chi connectivity index (χ4v) is 4.71. The van der Waals surface area contributed by atoms with Crippen molar-refractivity contribution in [1.29, 1.82) is 0 Å². The van der Waals surface area contributed by atoms with Crippen LogP contribution in [0.25, 0.3) is 0 Å². The van der Waals surface area contributed by atoms with Crippen LogP contribution in [0.1, 0.15) is 34.5 Å². The molecule has 35 heavy (non-hydrogen) atoms. The van der Waals surface area contributed by atoms with Crippen LogP contribution >= 0.6 is 0 Å². The van der Waals surface area contributed by atoms with E-state index in [0.717, 1.165) is 49.4 Å². The summed E-state index contributed by atoms with van der Waals surface area (Å²) < 4.78 is 0. The minimum absolute atomic E-state index is 0.152. The Labute approximate surface area is 207 Å². The Bertz CT molecular complexity index is 1210. The Morgan fingerprint density at radius 2 is 1.34 bits per heavy atom. The number of carbonyl (C=O) groups excluding carboxylic acids is 1. The van der Waals surface area contributed by atoms with Crippen LogP contribution in [0.2, 0.25) is 0 Å². The molecule has 0 N–H and O–H groups in total. The van der Waals surface area contributed by atoms with E-state index in [0.29, 0.717) is 18.2 Å². The highest BCUT2D eigenvalue weighted by molar-refractivity contribution is 6.04. The van der Waals surface area contributed by atoms with Crippen LogP contribution in [-0.4, -0.2) is 29.2 Å². The van der Waals surface area contributed by atoms with Gasteiger partial charge in [0.1, 0.15) is 0 Å². The van der Waals surface area contributed by atoms with E-state index in [1.807, 2.05) is 72.8 Å². The molecule has 1 aliphatic heterocycles. The van der Waals surface area contributed by atoms with E-state index in [1.54, 1.807) is 4.90 Å². The summed E-state index contributed by atoms with van der Waals surface area (Å²) in [4.78, 5) is 17.5. The molecule has 3 aromatic carbocycles. The topological polar surface area (TPSA) is 49.3 Å². The molecule has 176 valence electrons. The van der Waals surface area contributed by atoms with E-state index in [-0.39, 0.29) is 5.91 Å². The van der Waals surface area contributed by atoms with Gasteiger partial charge >= 0.3 is 0 Å². The standard InChI is InChI=1S/C30H30N4O/c35-30(34(27-14-8-3-9-15-27)23-26-12-6-2-7-13-26)28-16-17-29(32-31-28)33-20-18-25(19-21-33)22-24-10-4-1-5-11-24/h1-17,25H,18-23H2. The summed E-state index contributed by atoms with van der Waals surface area (Å²) in [6.07, 6.45) is 3.40. The Balaban J connectivity index is 1.25. The van der Waals surface area contributed by atoms with Crippen molar-refractivity contribution in [2.24, 2.45) is 5.92 Å². The third kappa shape index (κ3) is 5.75. The molecule has 0 aliphatic carbocycles. The van der Waals surface area contributed by atoms with Crippen molar-refractivity contribution in [2.45, 2.75) is 25.8 Å². The highest BCUT2D eigenvalue weighted by atomic mass is 16.2. The van der Waals surface area contributed by atoms with Gasteiger partial charge in [0, 0.05) is 18.8 Å². The third-order valence-electron chi connectivity index (χ3n) is 6.67. The maximum Gasteiger partial charge on any atom is 0.279 e. The van der Waals surface area contributed by atoms with Crippen LogP contribution in [0.5, 0.6) is 0 Å². The summed E-state index contributed by atoms with van der Waals surface area (Å²) in [7, 11) is 0. The maximum absolute atomic E-state index is 13.5. The van der Waals surface area contributed by atoms with E-state index >= 15 is 0 Å². The smallest absolute Gasteiger partial charge is 0.279 e. The predicted octanol–water partition coefficient (Wildman–Crippen LogP) is 5.78. The Morgan fingerprint density at radius 1 is 0.743 bits per heavy atom. The van der Waals surface area contributed by atoms with Gasteiger partial charge in [-0.3, -0.25) is 4.79 Å². The van der Waals surface area contributed by atoms with Crippen molar-refractivity contribution < 1.29 is 4.79 Å². The Hall–Kier alpha value is -3.99. The van der Waals surface area contributed by atoms with Crippen LogP contribution in [0.3, 0.4) is 0 Å². The van der Waals surface area contributed by atoms with Crippen molar-refractivity contribution in [3.05, 3.63) is 120 Å². The first kappa shape index (κ1) is 22.8. The number of amides is 1. The molecule has 2 heterocycles. The molecule has 0 saturated carbocycles. The van der Waals surface area contributed by atoms with Gasteiger partial charge in [0.05, 0.1) is 6.54 Å². The van der Waals surface area contributed by atoms with Gasteiger partial charge < -0.3 is 9.80 Å². The number of para-hydroxylation sites is 1. The summed E-state index contributed by atoms with van der Waals surface area (Å²) in [6, 6.07) is 34.2. The molecule has 1 amide bonds. The maximum atomic E-state index is 13.5. The van der Waals surface area contributed by atoms with Gasteiger partial charge in [0.15, 0.2) is 11.5 Å². The van der Waals surface area contributed by atoms with E-state index in [1.165, 1.54) is 5.56 Å². The zero-order chi connectivity index (χ0) is 23.9. The molecule has 5 nitrogen and oxygen atoms in total.